The Balaban J connectivity index is 2.32. The molecular weight excluding hydrogens is 391 g/mol. The molecule has 0 fully saturated rings. The summed E-state index contributed by atoms with van der Waals surface area (Å²) in [6.07, 6.45) is -5.10. The minimum Gasteiger partial charge on any atom is -0.454 e. The number of hydrogen-bond acceptors (Lipinski definition) is 2. The van der Waals surface area contributed by atoms with Crippen molar-refractivity contribution in [3.63, 3.8) is 0 Å². The third-order valence-electron chi connectivity index (χ3n) is 2.83. The summed E-state index contributed by atoms with van der Waals surface area (Å²) in [5.74, 6) is -0.0517. The van der Waals surface area contributed by atoms with Crippen LogP contribution < -0.4 is 4.74 Å². The fourth-order valence-corrected chi connectivity index (χ4v) is 3.12. The third-order valence-corrected chi connectivity index (χ3v) is 4.17. The standard InChI is InChI=1S/C14H10Cl2F3O4P/c15-11-5-9(14(17,18)19)6-12(16)13(11)23-10-3-1-2-8(4-10)7-24(20,21)22/h1-6H,7H2,(H2,20,21,22). The van der Waals surface area contributed by atoms with Gasteiger partial charge in [0.25, 0.3) is 0 Å². The van der Waals surface area contributed by atoms with Crippen molar-refractivity contribution < 1.29 is 32.3 Å². The van der Waals surface area contributed by atoms with Crippen molar-refractivity contribution in [1.29, 1.82) is 0 Å². The van der Waals surface area contributed by atoms with Gasteiger partial charge in [-0.05, 0) is 29.8 Å². The summed E-state index contributed by atoms with van der Waals surface area (Å²) < 4.78 is 54.4. The van der Waals surface area contributed by atoms with Gasteiger partial charge in [-0.15, -0.1) is 0 Å². The van der Waals surface area contributed by atoms with Crippen molar-refractivity contribution >= 4 is 30.8 Å². The molecule has 2 N–H and O–H groups in total. The van der Waals surface area contributed by atoms with Gasteiger partial charge in [0, 0.05) is 0 Å². The van der Waals surface area contributed by atoms with E-state index in [0.29, 0.717) is 17.7 Å². The zero-order valence-electron chi connectivity index (χ0n) is 11.7. The molecule has 0 bridgehead atoms. The van der Waals surface area contributed by atoms with Crippen molar-refractivity contribution in [2.75, 3.05) is 0 Å². The smallest absolute Gasteiger partial charge is 0.416 e. The highest BCUT2D eigenvalue weighted by Gasteiger charge is 2.32. The fourth-order valence-electron chi connectivity index (χ4n) is 1.88. The van der Waals surface area contributed by atoms with Crippen LogP contribution in [0.5, 0.6) is 11.5 Å². The Morgan fingerprint density at radius 3 is 2.17 bits per heavy atom. The largest absolute Gasteiger partial charge is 0.454 e. The average Bonchev–Trinajstić information content (AvgIpc) is 2.40. The monoisotopic (exact) mass is 400 g/mol. The lowest BCUT2D eigenvalue weighted by molar-refractivity contribution is -0.137. The third kappa shape index (κ3) is 5.13. The van der Waals surface area contributed by atoms with Crippen LogP contribution in [-0.4, -0.2) is 9.79 Å². The second-order valence-electron chi connectivity index (χ2n) is 4.84. The van der Waals surface area contributed by atoms with Crippen molar-refractivity contribution in [3.8, 4) is 11.5 Å². The maximum atomic E-state index is 12.7. The SMILES string of the molecule is O=P(O)(O)Cc1cccc(Oc2c(Cl)cc(C(F)(F)F)cc2Cl)c1. The summed E-state index contributed by atoms with van der Waals surface area (Å²) >= 11 is 11.6. The van der Waals surface area contributed by atoms with Gasteiger partial charge >= 0.3 is 13.8 Å². The molecule has 0 heterocycles. The lowest BCUT2D eigenvalue weighted by Gasteiger charge is -2.14. The van der Waals surface area contributed by atoms with Gasteiger partial charge in [-0.1, -0.05) is 35.3 Å². The second-order valence-corrected chi connectivity index (χ2v) is 7.30. The Hall–Kier alpha value is -1.24. The van der Waals surface area contributed by atoms with Crippen LogP contribution in [0.3, 0.4) is 0 Å². The summed E-state index contributed by atoms with van der Waals surface area (Å²) in [5.41, 5.74) is -0.722. The molecule has 2 aromatic rings. The summed E-state index contributed by atoms with van der Waals surface area (Å²) in [6.45, 7) is 0. The molecule has 2 aromatic carbocycles. The van der Waals surface area contributed by atoms with E-state index in [4.69, 9.17) is 37.7 Å². The van der Waals surface area contributed by atoms with Gasteiger partial charge in [-0.3, -0.25) is 4.57 Å². The summed E-state index contributed by atoms with van der Waals surface area (Å²) in [4.78, 5) is 17.9. The van der Waals surface area contributed by atoms with E-state index < -0.39 is 25.5 Å². The van der Waals surface area contributed by atoms with Gasteiger partial charge in [0.15, 0.2) is 5.75 Å². The molecule has 0 amide bonds. The molecule has 2 rings (SSSR count). The number of benzene rings is 2. The molecule has 0 spiro atoms. The molecule has 4 nitrogen and oxygen atoms in total. The fraction of sp³-hybridized carbons (Fsp3) is 0.143. The molecule has 0 atom stereocenters. The van der Waals surface area contributed by atoms with E-state index in [1.165, 1.54) is 24.3 Å². The number of halogens is 5. The molecule has 24 heavy (non-hydrogen) atoms. The van der Waals surface area contributed by atoms with Crippen LogP contribution in [0, 0.1) is 0 Å². The van der Waals surface area contributed by atoms with Gasteiger partial charge in [0.2, 0.25) is 0 Å². The molecule has 10 heteroatoms. The molecular formula is C14H10Cl2F3O4P. The predicted octanol–water partition coefficient (Wildman–Crippen LogP) is 5.48. The molecule has 0 aromatic heterocycles. The quantitative estimate of drug-likeness (QED) is 0.666. The van der Waals surface area contributed by atoms with Crippen LogP contribution in [0.2, 0.25) is 10.0 Å². The first-order valence-corrected chi connectivity index (χ1v) is 8.89. The Morgan fingerprint density at radius 1 is 1.08 bits per heavy atom. The number of hydrogen-bond donors (Lipinski definition) is 2. The minimum absolute atomic E-state index is 0.129. The number of ether oxygens (including phenoxy) is 1. The molecule has 0 saturated heterocycles. The summed E-state index contributed by atoms with van der Waals surface area (Å²) in [6, 6.07) is 7.11. The highest BCUT2D eigenvalue weighted by Crippen LogP contribution is 2.43. The first-order chi connectivity index (χ1) is 11.0. The predicted molar refractivity (Wildman–Crippen MR) is 83.7 cm³/mol. The van der Waals surface area contributed by atoms with Crippen LogP contribution in [0.15, 0.2) is 36.4 Å². The normalized spacial score (nSPS) is 12.3. The number of rotatable bonds is 4. The van der Waals surface area contributed by atoms with E-state index in [1.807, 2.05) is 0 Å². The summed E-state index contributed by atoms with van der Waals surface area (Å²) in [7, 11) is -4.27. The first-order valence-electron chi connectivity index (χ1n) is 6.33. The average molecular weight is 401 g/mol. The van der Waals surface area contributed by atoms with Gasteiger partial charge in [-0.25, -0.2) is 0 Å². The highest BCUT2D eigenvalue weighted by atomic mass is 35.5. The lowest BCUT2D eigenvalue weighted by Crippen LogP contribution is -2.05. The van der Waals surface area contributed by atoms with Crippen molar-refractivity contribution in [2.45, 2.75) is 12.3 Å². The Morgan fingerprint density at radius 2 is 1.67 bits per heavy atom. The van der Waals surface area contributed by atoms with E-state index in [-0.39, 0.29) is 21.5 Å². The molecule has 0 aliphatic rings. The second kappa shape index (κ2) is 6.94. The molecule has 0 radical (unpaired) electrons. The molecule has 130 valence electrons. The number of alkyl halides is 3. The Labute approximate surface area is 144 Å². The molecule has 0 aliphatic heterocycles. The molecule has 0 unspecified atom stereocenters. The Kier molecular flexibility index (Phi) is 5.52. The van der Waals surface area contributed by atoms with E-state index >= 15 is 0 Å². The topological polar surface area (TPSA) is 66.8 Å². The van der Waals surface area contributed by atoms with Gasteiger partial charge in [-0.2, -0.15) is 13.2 Å². The highest BCUT2D eigenvalue weighted by molar-refractivity contribution is 7.50. The molecule has 0 saturated carbocycles. The Bertz CT molecular complexity index is 782. The van der Waals surface area contributed by atoms with Crippen LogP contribution in [-0.2, 0) is 16.9 Å². The van der Waals surface area contributed by atoms with E-state index in [0.717, 1.165) is 0 Å². The zero-order valence-corrected chi connectivity index (χ0v) is 14.1. The van der Waals surface area contributed by atoms with Crippen molar-refractivity contribution in [3.05, 3.63) is 57.6 Å². The molecule has 0 aliphatic carbocycles. The lowest BCUT2D eigenvalue weighted by atomic mass is 10.2. The van der Waals surface area contributed by atoms with Crippen LogP contribution in [0.1, 0.15) is 11.1 Å². The van der Waals surface area contributed by atoms with Crippen LogP contribution >= 0.6 is 30.8 Å². The maximum absolute atomic E-state index is 12.7. The van der Waals surface area contributed by atoms with E-state index in [2.05, 4.69) is 0 Å². The zero-order chi connectivity index (χ0) is 18.1. The van der Waals surface area contributed by atoms with E-state index in [9.17, 15) is 17.7 Å². The van der Waals surface area contributed by atoms with Gasteiger partial charge < -0.3 is 14.5 Å². The van der Waals surface area contributed by atoms with Crippen molar-refractivity contribution in [2.24, 2.45) is 0 Å². The van der Waals surface area contributed by atoms with Gasteiger partial charge in [0.05, 0.1) is 21.8 Å². The van der Waals surface area contributed by atoms with Crippen LogP contribution in [0.4, 0.5) is 13.2 Å². The van der Waals surface area contributed by atoms with Crippen molar-refractivity contribution in [1.82, 2.24) is 0 Å². The van der Waals surface area contributed by atoms with Crippen LogP contribution in [0.25, 0.3) is 0 Å². The van der Waals surface area contributed by atoms with Gasteiger partial charge in [0.1, 0.15) is 5.75 Å². The minimum atomic E-state index is -4.60. The maximum Gasteiger partial charge on any atom is 0.416 e. The first kappa shape index (κ1) is 19.1. The van der Waals surface area contributed by atoms with E-state index in [1.54, 1.807) is 0 Å². The summed E-state index contributed by atoms with van der Waals surface area (Å²) in [5, 5.41) is -0.676.